The molecule has 1 fully saturated rings. The molecule has 5 nitrogen and oxygen atoms in total. The number of benzene rings is 1. The first kappa shape index (κ1) is 16.6. The van der Waals surface area contributed by atoms with Crippen LogP contribution >= 0.6 is 0 Å². The van der Waals surface area contributed by atoms with Crippen LogP contribution in [0.15, 0.2) is 36.5 Å². The predicted molar refractivity (Wildman–Crippen MR) is 92.5 cm³/mol. The molecule has 2 unspecified atom stereocenters. The van der Waals surface area contributed by atoms with Gasteiger partial charge in [-0.15, -0.1) is 0 Å². The molecule has 2 atom stereocenters. The number of carbonyl (C=O) groups excluding carboxylic acids is 1. The molecule has 3 rings (SSSR count). The maximum absolute atomic E-state index is 12.9. The average Bonchev–Trinajstić information content (AvgIpc) is 2.62. The van der Waals surface area contributed by atoms with Gasteiger partial charge < -0.3 is 10.0 Å². The Kier molecular flexibility index (Phi) is 4.90. The maximum Gasteiger partial charge on any atom is 0.257 e. The highest BCUT2D eigenvalue weighted by Gasteiger charge is 2.30. The first-order valence-corrected chi connectivity index (χ1v) is 8.41. The first-order chi connectivity index (χ1) is 11.6. The molecule has 0 bridgehead atoms. The maximum atomic E-state index is 12.9. The summed E-state index contributed by atoms with van der Waals surface area (Å²) in [5.41, 5.74) is 2.17. The number of aliphatic hydroxyl groups excluding tert-OH is 1. The molecule has 5 heteroatoms. The molecule has 0 spiro atoms. The third-order valence-electron chi connectivity index (χ3n) is 4.74. The van der Waals surface area contributed by atoms with Crippen LogP contribution in [0, 0.1) is 12.8 Å². The molecular formula is C19H23N3O2. The Morgan fingerprint density at radius 2 is 2.04 bits per heavy atom. The molecule has 1 N–H and O–H groups in total. The second kappa shape index (κ2) is 7.09. The summed E-state index contributed by atoms with van der Waals surface area (Å²) in [4.78, 5) is 23.6. The zero-order valence-electron chi connectivity index (χ0n) is 14.1. The molecule has 1 aliphatic heterocycles. The lowest BCUT2D eigenvalue weighted by Gasteiger charge is -2.37. The van der Waals surface area contributed by atoms with E-state index in [0.29, 0.717) is 23.6 Å². The van der Waals surface area contributed by atoms with Gasteiger partial charge in [-0.25, -0.2) is 9.97 Å². The first-order valence-electron chi connectivity index (χ1n) is 8.41. The van der Waals surface area contributed by atoms with E-state index in [4.69, 9.17) is 0 Å². The van der Waals surface area contributed by atoms with Crippen LogP contribution in [0.25, 0.3) is 11.4 Å². The van der Waals surface area contributed by atoms with E-state index >= 15 is 0 Å². The van der Waals surface area contributed by atoms with E-state index in [9.17, 15) is 9.90 Å². The highest BCUT2D eigenvalue weighted by molar-refractivity contribution is 5.95. The monoisotopic (exact) mass is 325 g/mol. The average molecular weight is 325 g/mol. The molecule has 24 heavy (non-hydrogen) atoms. The number of nitrogens with zero attached hydrogens (tertiary/aromatic N) is 3. The minimum Gasteiger partial charge on any atom is -0.396 e. The van der Waals surface area contributed by atoms with E-state index in [-0.39, 0.29) is 24.5 Å². The summed E-state index contributed by atoms with van der Waals surface area (Å²) in [5.74, 6) is 0.748. The van der Waals surface area contributed by atoms with E-state index in [2.05, 4.69) is 16.9 Å². The Morgan fingerprint density at radius 1 is 1.29 bits per heavy atom. The van der Waals surface area contributed by atoms with Crippen molar-refractivity contribution in [3.63, 3.8) is 0 Å². The number of carbonyl (C=O) groups is 1. The molecule has 0 radical (unpaired) electrons. The summed E-state index contributed by atoms with van der Waals surface area (Å²) in [6, 6.07) is 9.91. The Balaban J connectivity index is 1.85. The van der Waals surface area contributed by atoms with Crippen molar-refractivity contribution in [3.05, 3.63) is 47.8 Å². The van der Waals surface area contributed by atoms with Crippen molar-refractivity contribution < 1.29 is 9.90 Å². The third kappa shape index (κ3) is 3.31. The highest BCUT2D eigenvalue weighted by Crippen LogP contribution is 2.24. The molecule has 2 heterocycles. The fraction of sp³-hybridized carbons (Fsp3) is 0.421. The van der Waals surface area contributed by atoms with Crippen molar-refractivity contribution in [3.8, 4) is 11.4 Å². The topological polar surface area (TPSA) is 66.3 Å². The second-order valence-corrected chi connectivity index (χ2v) is 6.49. The van der Waals surface area contributed by atoms with Gasteiger partial charge in [0.15, 0.2) is 5.82 Å². The molecule has 0 saturated carbocycles. The smallest absolute Gasteiger partial charge is 0.257 e. The zero-order valence-corrected chi connectivity index (χ0v) is 14.1. The lowest BCUT2D eigenvalue weighted by atomic mass is 9.93. The van der Waals surface area contributed by atoms with E-state index in [1.54, 1.807) is 6.20 Å². The predicted octanol–water partition coefficient (Wildman–Crippen LogP) is 2.69. The number of rotatable bonds is 3. The minimum absolute atomic E-state index is 0.0437. The van der Waals surface area contributed by atoms with Gasteiger partial charge in [0.2, 0.25) is 0 Å². The van der Waals surface area contributed by atoms with E-state index in [0.717, 1.165) is 18.4 Å². The SMILES string of the molecule is Cc1nc(-c2ccccc2)ncc1C(=O)N1CC(CO)CCC1C. The Morgan fingerprint density at radius 3 is 2.71 bits per heavy atom. The second-order valence-electron chi connectivity index (χ2n) is 6.49. The Bertz CT molecular complexity index is 718. The normalized spacial score (nSPS) is 20.9. The lowest BCUT2D eigenvalue weighted by Crippen LogP contribution is -2.46. The minimum atomic E-state index is -0.0437. The van der Waals surface area contributed by atoms with E-state index < -0.39 is 0 Å². The van der Waals surface area contributed by atoms with Crippen LogP contribution in [0.3, 0.4) is 0 Å². The number of piperidine rings is 1. The van der Waals surface area contributed by atoms with Crippen LogP contribution in [0.5, 0.6) is 0 Å². The quantitative estimate of drug-likeness (QED) is 0.942. The number of aryl methyl sites for hydroxylation is 1. The third-order valence-corrected chi connectivity index (χ3v) is 4.74. The van der Waals surface area contributed by atoms with Crippen LogP contribution in [0.1, 0.15) is 35.8 Å². The molecule has 2 aromatic rings. The van der Waals surface area contributed by atoms with Crippen LogP contribution in [0.4, 0.5) is 0 Å². The number of aromatic nitrogens is 2. The molecular weight excluding hydrogens is 302 g/mol. The van der Waals surface area contributed by atoms with Gasteiger partial charge in [0.05, 0.1) is 11.3 Å². The fourth-order valence-corrected chi connectivity index (χ4v) is 3.17. The summed E-state index contributed by atoms with van der Waals surface area (Å²) >= 11 is 0. The van der Waals surface area contributed by atoms with Gasteiger partial charge in [-0.1, -0.05) is 30.3 Å². The van der Waals surface area contributed by atoms with E-state index in [1.165, 1.54) is 0 Å². The molecule has 1 saturated heterocycles. The van der Waals surface area contributed by atoms with Crippen molar-refractivity contribution in [2.24, 2.45) is 5.92 Å². The number of hydrogen-bond donors (Lipinski definition) is 1. The van der Waals surface area contributed by atoms with Crippen molar-refractivity contribution >= 4 is 5.91 Å². The number of amides is 1. The summed E-state index contributed by atoms with van der Waals surface area (Å²) in [6.07, 6.45) is 3.51. The number of aliphatic hydroxyl groups is 1. The molecule has 1 aromatic carbocycles. The summed E-state index contributed by atoms with van der Waals surface area (Å²) in [5, 5.41) is 9.40. The van der Waals surface area contributed by atoms with Gasteiger partial charge in [-0.05, 0) is 32.6 Å². The molecule has 1 aliphatic rings. The van der Waals surface area contributed by atoms with Crippen molar-refractivity contribution in [1.29, 1.82) is 0 Å². The largest absolute Gasteiger partial charge is 0.396 e. The Hall–Kier alpha value is -2.27. The van der Waals surface area contributed by atoms with Crippen LogP contribution in [-0.4, -0.2) is 45.1 Å². The van der Waals surface area contributed by atoms with Gasteiger partial charge in [-0.2, -0.15) is 0 Å². The van der Waals surface area contributed by atoms with Gasteiger partial charge in [0.25, 0.3) is 5.91 Å². The number of hydrogen-bond acceptors (Lipinski definition) is 4. The van der Waals surface area contributed by atoms with Crippen molar-refractivity contribution in [2.75, 3.05) is 13.2 Å². The molecule has 126 valence electrons. The van der Waals surface area contributed by atoms with Crippen LogP contribution in [-0.2, 0) is 0 Å². The summed E-state index contributed by atoms with van der Waals surface area (Å²) in [7, 11) is 0. The Labute approximate surface area is 142 Å². The summed E-state index contributed by atoms with van der Waals surface area (Å²) < 4.78 is 0. The van der Waals surface area contributed by atoms with Crippen LogP contribution < -0.4 is 0 Å². The van der Waals surface area contributed by atoms with Gasteiger partial charge in [0.1, 0.15) is 0 Å². The van der Waals surface area contributed by atoms with Crippen molar-refractivity contribution in [2.45, 2.75) is 32.7 Å². The molecule has 0 aliphatic carbocycles. The van der Waals surface area contributed by atoms with Gasteiger partial charge in [0, 0.05) is 31.0 Å². The fourth-order valence-electron chi connectivity index (χ4n) is 3.17. The van der Waals surface area contributed by atoms with Gasteiger partial charge in [-0.3, -0.25) is 4.79 Å². The summed E-state index contributed by atoms with van der Waals surface area (Å²) in [6.45, 7) is 4.62. The standard InChI is InChI=1S/C19H23N3O2/c1-13-8-9-15(12-23)11-22(13)19(24)17-10-20-18(21-14(17)2)16-6-4-3-5-7-16/h3-7,10,13,15,23H,8-9,11-12H2,1-2H3. The van der Waals surface area contributed by atoms with Crippen LogP contribution in [0.2, 0.25) is 0 Å². The zero-order chi connectivity index (χ0) is 17.1. The van der Waals surface area contributed by atoms with Crippen molar-refractivity contribution in [1.82, 2.24) is 14.9 Å². The van der Waals surface area contributed by atoms with Gasteiger partial charge >= 0.3 is 0 Å². The molecule has 1 amide bonds. The highest BCUT2D eigenvalue weighted by atomic mass is 16.3. The number of likely N-dealkylation sites (tertiary alicyclic amines) is 1. The molecule has 1 aromatic heterocycles. The lowest BCUT2D eigenvalue weighted by molar-refractivity contribution is 0.0487. The van der Waals surface area contributed by atoms with E-state index in [1.807, 2.05) is 42.2 Å².